The van der Waals surface area contributed by atoms with Crippen LogP contribution in [0.4, 0.5) is 10.1 Å². The molecule has 0 aromatic heterocycles. The lowest BCUT2D eigenvalue weighted by atomic mass is 9.93. The summed E-state index contributed by atoms with van der Waals surface area (Å²) in [5, 5.41) is -0.792. The third-order valence-corrected chi connectivity index (χ3v) is 5.97. The zero-order chi connectivity index (χ0) is 15.1. The van der Waals surface area contributed by atoms with Crippen LogP contribution in [-0.4, -0.2) is 25.3 Å². The maximum absolute atomic E-state index is 14.0. The molecular weight excluding hydrogens is 281 g/mol. The average Bonchev–Trinajstić information content (AvgIpc) is 2.30. The van der Waals surface area contributed by atoms with Crippen molar-refractivity contribution < 1.29 is 12.8 Å². The van der Waals surface area contributed by atoms with E-state index in [0.29, 0.717) is 12.1 Å². The van der Waals surface area contributed by atoms with Gasteiger partial charge in [0.15, 0.2) is 9.84 Å². The summed E-state index contributed by atoms with van der Waals surface area (Å²) in [6.07, 6.45) is 0.354. The minimum Gasteiger partial charge on any atom is -0.399 e. The number of amidine groups is 1. The van der Waals surface area contributed by atoms with Gasteiger partial charge in [-0.2, -0.15) is 0 Å². The Balaban J connectivity index is 2.62. The third-order valence-electron chi connectivity index (χ3n) is 3.56. The summed E-state index contributed by atoms with van der Waals surface area (Å²) in [7, 11) is -3.47. The van der Waals surface area contributed by atoms with Crippen LogP contribution in [0.1, 0.15) is 25.8 Å². The van der Waals surface area contributed by atoms with Gasteiger partial charge in [0.05, 0.1) is 5.75 Å². The summed E-state index contributed by atoms with van der Waals surface area (Å²) in [6.45, 7) is 3.29. The van der Waals surface area contributed by atoms with E-state index in [2.05, 4.69) is 4.99 Å². The summed E-state index contributed by atoms with van der Waals surface area (Å²) >= 11 is 0. The number of aliphatic imine (C=N–C) groups is 1. The summed E-state index contributed by atoms with van der Waals surface area (Å²) in [4.78, 5) is 4.25. The Labute approximate surface area is 117 Å². The van der Waals surface area contributed by atoms with Crippen molar-refractivity contribution in [2.45, 2.75) is 31.1 Å². The maximum atomic E-state index is 14.0. The van der Waals surface area contributed by atoms with Crippen LogP contribution < -0.4 is 11.5 Å². The fourth-order valence-corrected chi connectivity index (χ4v) is 4.76. The molecule has 5 nitrogen and oxygen atoms in total. The summed E-state index contributed by atoms with van der Waals surface area (Å²) in [6, 6.07) is 4.04. The Kier molecular flexibility index (Phi) is 3.49. The molecule has 1 aliphatic rings. The lowest BCUT2D eigenvalue weighted by Gasteiger charge is -2.33. The second-order valence-corrected chi connectivity index (χ2v) is 7.44. The van der Waals surface area contributed by atoms with E-state index in [-0.39, 0.29) is 17.2 Å². The fraction of sp³-hybridized carbons (Fsp3) is 0.462. The molecule has 110 valence electrons. The molecule has 0 saturated heterocycles. The Morgan fingerprint density at radius 3 is 2.65 bits per heavy atom. The lowest BCUT2D eigenvalue weighted by molar-refractivity contribution is 0.483. The number of anilines is 1. The molecule has 1 aromatic carbocycles. The molecule has 20 heavy (non-hydrogen) atoms. The molecule has 1 aliphatic heterocycles. The van der Waals surface area contributed by atoms with Gasteiger partial charge in [-0.25, -0.2) is 12.8 Å². The van der Waals surface area contributed by atoms with Gasteiger partial charge < -0.3 is 11.5 Å². The molecule has 0 saturated carbocycles. The molecule has 2 rings (SSSR count). The number of nitrogen functional groups attached to an aromatic ring is 1. The third kappa shape index (κ3) is 2.37. The molecule has 4 N–H and O–H groups in total. The molecule has 0 spiro atoms. The van der Waals surface area contributed by atoms with Crippen LogP contribution in [0.3, 0.4) is 0 Å². The Morgan fingerprint density at radius 1 is 1.45 bits per heavy atom. The number of sulfone groups is 1. The number of nitrogens with zero attached hydrogens (tertiary/aromatic N) is 1. The van der Waals surface area contributed by atoms with Gasteiger partial charge in [0.2, 0.25) is 0 Å². The first kappa shape index (κ1) is 14.8. The van der Waals surface area contributed by atoms with Crippen molar-refractivity contribution in [3.63, 3.8) is 0 Å². The first-order valence-corrected chi connectivity index (χ1v) is 8.03. The molecule has 2 unspecified atom stereocenters. The molecule has 7 heteroatoms. The van der Waals surface area contributed by atoms with Crippen LogP contribution in [0, 0.1) is 5.82 Å². The fourth-order valence-electron chi connectivity index (χ4n) is 2.62. The molecule has 1 heterocycles. The minimum absolute atomic E-state index is 0.0306. The van der Waals surface area contributed by atoms with E-state index in [1.165, 1.54) is 18.2 Å². The van der Waals surface area contributed by atoms with Gasteiger partial charge in [-0.3, -0.25) is 4.99 Å². The van der Waals surface area contributed by atoms with Crippen LogP contribution >= 0.6 is 0 Å². The van der Waals surface area contributed by atoms with E-state index < -0.39 is 26.4 Å². The number of hydrogen-bond donors (Lipinski definition) is 2. The lowest BCUT2D eigenvalue weighted by Crippen LogP contribution is -2.48. The van der Waals surface area contributed by atoms with Crippen LogP contribution in [0.2, 0.25) is 0 Å². The monoisotopic (exact) mass is 299 g/mol. The van der Waals surface area contributed by atoms with Gasteiger partial charge in [0.1, 0.15) is 22.4 Å². The molecule has 0 amide bonds. The van der Waals surface area contributed by atoms with Crippen LogP contribution in [-0.2, 0) is 15.4 Å². The second-order valence-electron chi connectivity index (χ2n) is 5.25. The summed E-state index contributed by atoms with van der Waals surface area (Å²) in [5.74, 6) is -0.786. The largest absolute Gasteiger partial charge is 0.399 e. The number of rotatable bonds is 2. The normalized spacial score (nSPS) is 28.9. The van der Waals surface area contributed by atoms with E-state index in [9.17, 15) is 12.8 Å². The molecule has 0 fully saturated rings. The Morgan fingerprint density at radius 2 is 2.10 bits per heavy atom. The zero-order valence-corrected chi connectivity index (χ0v) is 12.2. The van der Waals surface area contributed by atoms with Crippen molar-refractivity contribution in [3.05, 3.63) is 29.6 Å². The zero-order valence-electron chi connectivity index (χ0n) is 11.4. The first-order valence-electron chi connectivity index (χ1n) is 6.32. The highest BCUT2D eigenvalue weighted by Crippen LogP contribution is 2.35. The van der Waals surface area contributed by atoms with Crippen molar-refractivity contribution in [1.82, 2.24) is 0 Å². The molecule has 0 radical (unpaired) electrons. The van der Waals surface area contributed by atoms with Crippen LogP contribution in [0.15, 0.2) is 23.2 Å². The van der Waals surface area contributed by atoms with Gasteiger partial charge in [0.25, 0.3) is 0 Å². The van der Waals surface area contributed by atoms with E-state index in [1.54, 1.807) is 13.8 Å². The van der Waals surface area contributed by atoms with E-state index in [0.717, 1.165) is 0 Å². The van der Waals surface area contributed by atoms with Gasteiger partial charge in [-0.05, 0) is 31.5 Å². The summed E-state index contributed by atoms with van der Waals surface area (Å²) in [5.41, 5.74) is 10.7. The number of nitrogens with two attached hydrogens (primary N) is 2. The predicted octanol–water partition coefficient (Wildman–Crippen LogP) is 1.19. The Bertz CT molecular complexity index is 672. The highest BCUT2D eigenvalue weighted by Gasteiger charge is 2.43. The number of hydrogen-bond acceptors (Lipinski definition) is 5. The highest BCUT2D eigenvalue weighted by atomic mass is 32.2. The van der Waals surface area contributed by atoms with Gasteiger partial charge in [-0.1, -0.05) is 6.92 Å². The number of halogens is 1. The summed E-state index contributed by atoms with van der Waals surface area (Å²) < 4.78 is 38.6. The highest BCUT2D eigenvalue weighted by molar-refractivity contribution is 7.92. The van der Waals surface area contributed by atoms with Gasteiger partial charge >= 0.3 is 0 Å². The minimum atomic E-state index is -3.47. The average molecular weight is 299 g/mol. The van der Waals surface area contributed by atoms with Gasteiger partial charge in [0, 0.05) is 11.3 Å². The molecule has 0 bridgehead atoms. The standard InChI is InChI=1S/C13H18FN3O2S/c1-3-11-12(16)17-13(2,7-20(11,18)19)9-6-8(15)4-5-10(9)14/h4-6,11H,3,7,15H2,1-2H3,(H2,16,17). The SMILES string of the molecule is CCC1C(N)=NC(C)(c2cc(N)ccc2F)CS1(=O)=O. The number of benzene rings is 1. The van der Waals surface area contributed by atoms with Crippen molar-refractivity contribution in [2.24, 2.45) is 10.7 Å². The Hall–Kier alpha value is -1.63. The van der Waals surface area contributed by atoms with Gasteiger partial charge in [-0.15, -0.1) is 0 Å². The van der Waals surface area contributed by atoms with Crippen molar-refractivity contribution >= 4 is 21.4 Å². The molecule has 1 aromatic rings. The van der Waals surface area contributed by atoms with Crippen molar-refractivity contribution in [3.8, 4) is 0 Å². The van der Waals surface area contributed by atoms with Crippen molar-refractivity contribution in [1.29, 1.82) is 0 Å². The molecule has 2 atom stereocenters. The second kappa shape index (κ2) is 4.73. The van der Waals surface area contributed by atoms with Crippen molar-refractivity contribution in [2.75, 3.05) is 11.5 Å². The van der Waals surface area contributed by atoms with Crippen LogP contribution in [0.5, 0.6) is 0 Å². The van der Waals surface area contributed by atoms with E-state index in [1.807, 2.05) is 0 Å². The van der Waals surface area contributed by atoms with E-state index >= 15 is 0 Å². The van der Waals surface area contributed by atoms with Crippen LogP contribution in [0.25, 0.3) is 0 Å². The molecular formula is C13H18FN3O2S. The molecule has 0 aliphatic carbocycles. The van der Waals surface area contributed by atoms with E-state index in [4.69, 9.17) is 11.5 Å². The maximum Gasteiger partial charge on any atom is 0.163 e. The predicted molar refractivity (Wildman–Crippen MR) is 77.7 cm³/mol. The smallest absolute Gasteiger partial charge is 0.163 e. The quantitative estimate of drug-likeness (QED) is 0.801. The topological polar surface area (TPSA) is 98.5 Å². The first-order chi connectivity index (χ1) is 9.19.